The first-order valence-corrected chi connectivity index (χ1v) is 15.2. The molecule has 0 radical (unpaired) electrons. The topological polar surface area (TPSA) is 118 Å². The summed E-state index contributed by atoms with van der Waals surface area (Å²) in [6.45, 7) is 5.06. The van der Waals surface area contributed by atoms with Crippen LogP contribution in [0.25, 0.3) is 11.0 Å². The van der Waals surface area contributed by atoms with Gasteiger partial charge in [0, 0.05) is 18.0 Å². The summed E-state index contributed by atoms with van der Waals surface area (Å²) in [5.41, 5.74) is 12.4. The number of aromatic nitrogens is 3. The van der Waals surface area contributed by atoms with Crippen LogP contribution < -0.4 is 16.4 Å². The molecule has 1 amide bonds. The second kappa shape index (κ2) is 13.4. The molecule has 46 heavy (non-hydrogen) atoms. The summed E-state index contributed by atoms with van der Waals surface area (Å²) in [5, 5.41) is 6.23. The average molecular weight is 629 g/mol. The molecule has 3 heterocycles. The Morgan fingerprint density at radius 3 is 2.28 bits per heavy atom. The van der Waals surface area contributed by atoms with Crippen LogP contribution in [0.15, 0.2) is 73.1 Å². The molecule has 5 aromatic rings. The van der Waals surface area contributed by atoms with Crippen LogP contribution in [0.4, 0.5) is 18.9 Å². The highest BCUT2D eigenvalue weighted by atomic mass is 19.1. The Balaban J connectivity index is 1.12. The van der Waals surface area contributed by atoms with Crippen LogP contribution in [0.3, 0.4) is 0 Å². The van der Waals surface area contributed by atoms with Crippen LogP contribution in [-0.4, -0.2) is 46.2 Å². The maximum absolute atomic E-state index is 15.1. The predicted octanol–water partition coefficient (Wildman–Crippen LogP) is 5.75. The lowest BCUT2D eigenvalue weighted by molar-refractivity contribution is -0.117. The quantitative estimate of drug-likeness (QED) is 0.165. The SMILES string of the molecule is Cc1cc2nc([C@@H]3CO[C@H](CCc4c(F)cncc4NC(=O)[C@@H](N)C(c4ccc(F)cc4)c4ccc(F)cc4)CN3)[nH]c2cc1C. The lowest BCUT2D eigenvalue weighted by Gasteiger charge is -2.29. The van der Waals surface area contributed by atoms with Gasteiger partial charge in [0.2, 0.25) is 5.91 Å². The van der Waals surface area contributed by atoms with E-state index in [2.05, 4.69) is 46.6 Å². The van der Waals surface area contributed by atoms with Gasteiger partial charge in [-0.25, -0.2) is 18.2 Å². The van der Waals surface area contributed by atoms with Crippen molar-refractivity contribution in [3.63, 3.8) is 0 Å². The molecule has 0 saturated carbocycles. The summed E-state index contributed by atoms with van der Waals surface area (Å²) < 4.78 is 48.6. The Kier molecular flexibility index (Phi) is 9.16. The van der Waals surface area contributed by atoms with E-state index in [0.29, 0.717) is 30.7 Å². The van der Waals surface area contributed by atoms with E-state index < -0.39 is 35.3 Å². The Labute approximate surface area is 264 Å². The molecular weight excluding hydrogens is 593 g/mol. The van der Waals surface area contributed by atoms with Gasteiger partial charge in [-0.1, -0.05) is 24.3 Å². The number of pyridine rings is 1. The van der Waals surface area contributed by atoms with Crippen molar-refractivity contribution >= 4 is 22.6 Å². The number of carbonyl (C=O) groups is 1. The van der Waals surface area contributed by atoms with Gasteiger partial charge in [-0.05, 0) is 85.3 Å². The van der Waals surface area contributed by atoms with Gasteiger partial charge in [-0.3, -0.25) is 9.78 Å². The highest BCUT2D eigenvalue weighted by Gasteiger charge is 2.30. The van der Waals surface area contributed by atoms with Crippen molar-refractivity contribution in [3.05, 3.63) is 124 Å². The van der Waals surface area contributed by atoms with E-state index in [1.807, 2.05) is 0 Å². The third-order valence-electron chi connectivity index (χ3n) is 8.64. The number of halogens is 3. The summed E-state index contributed by atoms with van der Waals surface area (Å²) in [7, 11) is 0. The molecule has 0 bridgehead atoms. The lowest BCUT2D eigenvalue weighted by atomic mass is 9.85. The van der Waals surface area contributed by atoms with Crippen LogP contribution in [0.1, 0.15) is 52.0 Å². The van der Waals surface area contributed by atoms with Crippen molar-refractivity contribution in [2.24, 2.45) is 5.73 Å². The van der Waals surface area contributed by atoms with Crippen molar-refractivity contribution in [1.29, 1.82) is 0 Å². The Bertz CT molecular complexity index is 1750. The lowest BCUT2D eigenvalue weighted by Crippen LogP contribution is -2.42. The minimum Gasteiger partial charge on any atom is -0.375 e. The number of nitrogens with one attached hydrogen (secondary N) is 3. The standard InChI is InChI=1S/C35H35F3N6O2/c1-19-13-28-29(14-20(19)2)43-34(42-28)31-18-46-25(15-41-31)11-12-26-27(38)16-40-17-30(26)44-35(45)33(39)32(21-3-7-23(36)8-4-21)22-5-9-24(37)10-6-22/h3-10,13-14,16-17,25,31-33,41H,11-12,15,18,39H2,1-2H3,(H,42,43)(H,44,45)/t25-,31+,33+/m1/s1. The van der Waals surface area contributed by atoms with Gasteiger partial charge in [0.05, 0.1) is 53.9 Å². The number of carbonyl (C=O) groups excluding carboxylic acids is 1. The number of ether oxygens (including phenoxy) is 1. The summed E-state index contributed by atoms with van der Waals surface area (Å²) in [6, 6.07) is 14.1. The Morgan fingerprint density at radius 2 is 1.65 bits per heavy atom. The number of aromatic amines is 1. The molecule has 2 aromatic heterocycles. The van der Waals surface area contributed by atoms with Gasteiger partial charge in [0.1, 0.15) is 23.3 Å². The molecule has 6 rings (SSSR count). The molecule has 0 unspecified atom stereocenters. The number of hydrogen-bond acceptors (Lipinski definition) is 6. The van der Waals surface area contributed by atoms with Crippen LogP contribution >= 0.6 is 0 Å². The Hall–Kier alpha value is -4.58. The molecule has 1 aliphatic heterocycles. The van der Waals surface area contributed by atoms with Gasteiger partial charge in [-0.15, -0.1) is 0 Å². The third-order valence-corrected chi connectivity index (χ3v) is 8.64. The first-order chi connectivity index (χ1) is 22.2. The van der Waals surface area contributed by atoms with E-state index >= 15 is 4.39 Å². The predicted molar refractivity (Wildman–Crippen MR) is 170 cm³/mol. The van der Waals surface area contributed by atoms with E-state index in [1.54, 1.807) is 0 Å². The number of nitrogens with zero attached hydrogens (tertiary/aromatic N) is 2. The zero-order chi connectivity index (χ0) is 32.4. The molecule has 0 aliphatic carbocycles. The second-order valence-corrected chi connectivity index (χ2v) is 11.8. The highest BCUT2D eigenvalue weighted by Crippen LogP contribution is 2.30. The maximum Gasteiger partial charge on any atom is 0.242 e. The number of benzene rings is 3. The summed E-state index contributed by atoms with van der Waals surface area (Å²) in [5.74, 6) is -1.96. The zero-order valence-corrected chi connectivity index (χ0v) is 25.5. The normalized spacial score (nSPS) is 17.4. The number of fused-ring (bicyclic) bond motifs is 1. The molecule has 8 nitrogen and oxygen atoms in total. The first kappa shape index (κ1) is 31.4. The van der Waals surface area contributed by atoms with Crippen molar-refractivity contribution in [3.8, 4) is 0 Å². The van der Waals surface area contributed by atoms with Crippen molar-refractivity contribution < 1.29 is 22.7 Å². The molecule has 3 atom stereocenters. The largest absolute Gasteiger partial charge is 0.375 e. The van der Waals surface area contributed by atoms with E-state index in [1.165, 1.54) is 65.9 Å². The zero-order valence-electron chi connectivity index (χ0n) is 25.5. The number of nitrogens with two attached hydrogens (primary N) is 1. The van der Waals surface area contributed by atoms with Crippen LogP contribution in [0.2, 0.25) is 0 Å². The van der Waals surface area contributed by atoms with Gasteiger partial charge in [-0.2, -0.15) is 0 Å². The van der Waals surface area contributed by atoms with E-state index in [-0.39, 0.29) is 29.8 Å². The van der Waals surface area contributed by atoms with E-state index in [4.69, 9.17) is 15.5 Å². The summed E-state index contributed by atoms with van der Waals surface area (Å²) >= 11 is 0. The van der Waals surface area contributed by atoms with Gasteiger partial charge in [0.25, 0.3) is 0 Å². The van der Waals surface area contributed by atoms with Gasteiger partial charge < -0.3 is 26.1 Å². The number of amides is 1. The number of rotatable bonds is 9. The summed E-state index contributed by atoms with van der Waals surface area (Å²) in [6.07, 6.45) is 3.06. The number of anilines is 1. The molecule has 1 aliphatic rings. The molecular formula is C35H35F3N6O2. The number of aryl methyl sites for hydroxylation is 2. The maximum atomic E-state index is 15.1. The van der Waals surface area contributed by atoms with E-state index in [0.717, 1.165) is 23.1 Å². The fourth-order valence-corrected chi connectivity index (χ4v) is 5.88. The third kappa shape index (κ3) is 6.81. The van der Waals surface area contributed by atoms with Crippen LogP contribution in [-0.2, 0) is 16.0 Å². The molecule has 1 fully saturated rings. The monoisotopic (exact) mass is 628 g/mol. The number of morpholine rings is 1. The number of imidazole rings is 1. The van der Waals surface area contributed by atoms with Crippen molar-refractivity contribution in [2.75, 3.05) is 18.5 Å². The smallest absolute Gasteiger partial charge is 0.242 e. The average Bonchev–Trinajstić information content (AvgIpc) is 3.45. The van der Waals surface area contributed by atoms with Crippen LogP contribution in [0.5, 0.6) is 0 Å². The Morgan fingerprint density at radius 1 is 1.00 bits per heavy atom. The number of hydrogen-bond donors (Lipinski definition) is 4. The minimum atomic E-state index is -1.17. The molecule has 238 valence electrons. The van der Waals surface area contributed by atoms with Crippen LogP contribution in [0, 0.1) is 31.3 Å². The second-order valence-electron chi connectivity index (χ2n) is 11.8. The summed E-state index contributed by atoms with van der Waals surface area (Å²) in [4.78, 5) is 25.6. The number of H-pyrrole nitrogens is 1. The van der Waals surface area contributed by atoms with E-state index in [9.17, 15) is 13.6 Å². The molecule has 0 spiro atoms. The molecule has 11 heteroatoms. The first-order valence-electron chi connectivity index (χ1n) is 15.2. The fourth-order valence-electron chi connectivity index (χ4n) is 5.88. The van der Waals surface area contributed by atoms with Crippen molar-refractivity contribution in [2.45, 2.75) is 50.8 Å². The molecule has 5 N–H and O–H groups in total. The highest BCUT2D eigenvalue weighted by molar-refractivity contribution is 5.96. The molecule has 1 saturated heterocycles. The fraction of sp³-hybridized carbons (Fsp3) is 0.286. The van der Waals surface area contributed by atoms with Crippen molar-refractivity contribution in [1.82, 2.24) is 20.3 Å². The van der Waals surface area contributed by atoms with Gasteiger partial charge in [0.15, 0.2) is 0 Å². The van der Waals surface area contributed by atoms with Gasteiger partial charge >= 0.3 is 0 Å². The minimum absolute atomic E-state index is 0.103. The molecule has 3 aromatic carbocycles.